The summed E-state index contributed by atoms with van der Waals surface area (Å²) >= 11 is 0. The fourth-order valence-electron chi connectivity index (χ4n) is 3.10. The van der Waals surface area contributed by atoms with Crippen molar-refractivity contribution < 1.29 is 9.53 Å². The van der Waals surface area contributed by atoms with Crippen LogP contribution in [0.4, 0.5) is 23.0 Å². The molecule has 4 N–H and O–H groups in total. The van der Waals surface area contributed by atoms with Crippen LogP contribution in [-0.4, -0.2) is 54.1 Å². The molecule has 8 heteroatoms. The van der Waals surface area contributed by atoms with E-state index in [0.717, 1.165) is 31.9 Å². The third kappa shape index (κ3) is 5.07. The molecule has 3 rings (SSSR count). The van der Waals surface area contributed by atoms with Crippen molar-refractivity contribution in [2.75, 3.05) is 49.7 Å². The molecule has 1 aromatic heterocycles. The molecule has 1 aromatic carbocycles. The maximum atomic E-state index is 11.5. The molecule has 0 saturated carbocycles. The molecule has 2 heterocycles. The maximum Gasteiger partial charge on any atom is 0.337 e. The predicted octanol–water partition coefficient (Wildman–Crippen LogP) is 2.49. The molecule has 0 spiro atoms. The van der Waals surface area contributed by atoms with Crippen LogP contribution in [0.5, 0.6) is 0 Å². The van der Waals surface area contributed by atoms with Gasteiger partial charge in [0.15, 0.2) is 11.6 Å². The Labute approximate surface area is 159 Å². The van der Waals surface area contributed by atoms with Gasteiger partial charge < -0.3 is 26.0 Å². The second-order valence-corrected chi connectivity index (χ2v) is 6.51. The summed E-state index contributed by atoms with van der Waals surface area (Å²) in [5.74, 6) is 0.773. The molecule has 0 unspecified atom stereocenters. The fraction of sp³-hybridized carbons (Fsp3) is 0.421. The van der Waals surface area contributed by atoms with E-state index in [1.165, 1.54) is 32.7 Å². The van der Waals surface area contributed by atoms with Gasteiger partial charge in [-0.2, -0.15) is 0 Å². The van der Waals surface area contributed by atoms with Gasteiger partial charge in [-0.05, 0) is 50.2 Å². The molecule has 0 atom stereocenters. The van der Waals surface area contributed by atoms with Crippen LogP contribution in [0.25, 0.3) is 0 Å². The molecule has 0 amide bonds. The Morgan fingerprint density at radius 2 is 1.85 bits per heavy atom. The minimum atomic E-state index is -0.372. The van der Waals surface area contributed by atoms with Crippen molar-refractivity contribution in [1.82, 2.24) is 14.9 Å². The summed E-state index contributed by atoms with van der Waals surface area (Å²) in [5, 5.41) is 6.46. The number of methoxy groups -OCH3 is 1. The molecule has 0 aliphatic carbocycles. The minimum Gasteiger partial charge on any atom is -0.465 e. The van der Waals surface area contributed by atoms with E-state index in [4.69, 9.17) is 10.5 Å². The molecule has 2 aromatic rings. The lowest BCUT2D eigenvalue weighted by molar-refractivity contribution is 0.0601. The number of rotatable bonds is 7. The highest BCUT2D eigenvalue weighted by atomic mass is 16.5. The number of hydrogen-bond acceptors (Lipinski definition) is 8. The summed E-state index contributed by atoms with van der Waals surface area (Å²) in [6.45, 7) is 4.08. The topological polar surface area (TPSA) is 105 Å². The molecular weight excluding hydrogens is 344 g/mol. The van der Waals surface area contributed by atoms with Gasteiger partial charge in [0.25, 0.3) is 0 Å². The van der Waals surface area contributed by atoms with Crippen molar-refractivity contribution in [1.29, 1.82) is 0 Å². The highest BCUT2D eigenvalue weighted by molar-refractivity contribution is 5.90. The molecular formula is C19H26N6O2. The van der Waals surface area contributed by atoms with Crippen molar-refractivity contribution in [3.63, 3.8) is 0 Å². The Kier molecular flexibility index (Phi) is 6.43. The van der Waals surface area contributed by atoms with Crippen LogP contribution >= 0.6 is 0 Å². The summed E-state index contributed by atoms with van der Waals surface area (Å²) in [6.07, 6.45) is 5.36. The number of esters is 1. The lowest BCUT2D eigenvalue weighted by Gasteiger charge is -2.26. The van der Waals surface area contributed by atoms with Gasteiger partial charge in [0.05, 0.1) is 12.7 Å². The Bertz CT molecular complexity index is 759. The Balaban J connectivity index is 1.59. The number of hydrogen-bond donors (Lipinski definition) is 3. The van der Waals surface area contributed by atoms with Gasteiger partial charge in [0, 0.05) is 18.8 Å². The van der Waals surface area contributed by atoms with Crippen molar-refractivity contribution in [2.24, 2.45) is 0 Å². The molecule has 144 valence electrons. The lowest BCUT2D eigenvalue weighted by atomic mass is 10.1. The molecule has 1 saturated heterocycles. The van der Waals surface area contributed by atoms with Crippen molar-refractivity contribution in [3.8, 4) is 0 Å². The van der Waals surface area contributed by atoms with E-state index >= 15 is 0 Å². The molecule has 8 nitrogen and oxygen atoms in total. The van der Waals surface area contributed by atoms with Gasteiger partial charge in [-0.3, -0.25) is 0 Å². The van der Waals surface area contributed by atoms with Crippen LogP contribution < -0.4 is 16.4 Å². The number of benzene rings is 1. The Morgan fingerprint density at radius 3 is 2.56 bits per heavy atom. The highest BCUT2D eigenvalue weighted by Gasteiger charge is 2.12. The van der Waals surface area contributed by atoms with Crippen molar-refractivity contribution >= 4 is 29.0 Å². The van der Waals surface area contributed by atoms with Crippen LogP contribution in [0, 0.1) is 0 Å². The van der Waals surface area contributed by atoms with Crippen LogP contribution in [0.3, 0.4) is 0 Å². The lowest BCUT2D eigenvalue weighted by Crippen LogP contribution is -2.33. The number of nitrogens with one attached hydrogen (secondary N) is 2. The largest absolute Gasteiger partial charge is 0.465 e. The zero-order valence-corrected chi connectivity index (χ0v) is 15.6. The number of nitrogens with zero attached hydrogens (tertiary/aromatic N) is 3. The molecule has 1 aliphatic heterocycles. The van der Waals surface area contributed by atoms with Gasteiger partial charge in [0.2, 0.25) is 0 Å². The summed E-state index contributed by atoms with van der Waals surface area (Å²) in [6, 6.07) is 6.92. The fourth-order valence-corrected chi connectivity index (χ4v) is 3.10. The summed E-state index contributed by atoms with van der Waals surface area (Å²) < 4.78 is 4.70. The second-order valence-electron chi connectivity index (χ2n) is 6.51. The van der Waals surface area contributed by atoms with Gasteiger partial charge in [0.1, 0.15) is 12.0 Å². The summed E-state index contributed by atoms with van der Waals surface area (Å²) in [7, 11) is 1.36. The Morgan fingerprint density at radius 1 is 1.15 bits per heavy atom. The maximum absolute atomic E-state index is 11.5. The first-order valence-electron chi connectivity index (χ1n) is 9.19. The number of nitrogens with two attached hydrogens (primary N) is 1. The number of ether oxygens (including phenoxy) is 1. The van der Waals surface area contributed by atoms with Gasteiger partial charge in [-0.15, -0.1) is 0 Å². The van der Waals surface area contributed by atoms with Gasteiger partial charge >= 0.3 is 5.97 Å². The summed E-state index contributed by atoms with van der Waals surface area (Å²) in [5.41, 5.74) is 7.93. The van der Waals surface area contributed by atoms with Crippen LogP contribution in [-0.2, 0) is 4.74 Å². The van der Waals surface area contributed by atoms with Gasteiger partial charge in [-0.1, -0.05) is 6.42 Å². The number of likely N-dealkylation sites (tertiary alicyclic amines) is 1. The smallest absolute Gasteiger partial charge is 0.337 e. The SMILES string of the molecule is COC(=O)c1ccc(Nc2ncnc(NCCN3CCCCC3)c2N)cc1. The average molecular weight is 370 g/mol. The van der Waals surface area contributed by atoms with E-state index in [1.54, 1.807) is 24.3 Å². The van der Waals surface area contributed by atoms with Crippen LogP contribution in [0.15, 0.2) is 30.6 Å². The van der Waals surface area contributed by atoms with Crippen molar-refractivity contribution in [2.45, 2.75) is 19.3 Å². The number of nitrogen functional groups attached to an aromatic ring is 1. The first-order valence-corrected chi connectivity index (χ1v) is 9.19. The zero-order valence-electron chi connectivity index (χ0n) is 15.6. The van der Waals surface area contributed by atoms with Crippen molar-refractivity contribution in [3.05, 3.63) is 36.2 Å². The van der Waals surface area contributed by atoms with Crippen LogP contribution in [0.1, 0.15) is 29.6 Å². The molecule has 0 radical (unpaired) electrons. The highest BCUT2D eigenvalue weighted by Crippen LogP contribution is 2.25. The second kappa shape index (κ2) is 9.18. The molecule has 0 bridgehead atoms. The van der Waals surface area contributed by atoms with E-state index in [2.05, 4.69) is 25.5 Å². The molecule has 1 aliphatic rings. The first kappa shape index (κ1) is 18.9. The normalized spacial score (nSPS) is 14.6. The number of carbonyl (C=O) groups excluding carboxylic acids is 1. The number of aromatic nitrogens is 2. The number of carbonyl (C=O) groups is 1. The van der Waals surface area contributed by atoms with Crippen LogP contribution in [0.2, 0.25) is 0 Å². The average Bonchev–Trinajstić information content (AvgIpc) is 2.71. The quantitative estimate of drug-likeness (QED) is 0.639. The molecule has 27 heavy (non-hydrogen) atoms. The minimum absolute atomic E-state index is 0.372. The van der Waals surface area contributed by atoms with E-state index in [-0.39, 0.29) is 5.97 Å². The Hall–Kier alpha value is -2.87. The third-order valence-electron chi connectivity index (χ3n) is 4.62. The van der Waals surface area contributed by atoms with Gasteiger partial charge in [-0.25, -0.2) is 14.8 Å². The summed E-state index contributed by atoms with van der Waals surface area (Å²) in [4.78, 5) is 22.4. The predicted molar refractivity (Wildman–Crippen MR) is 106 cm³/mol. The zero-order chi connectivity index (χ0) is 19.1. The third-order valence-corrected chi connectivity index (χ3v) is 4.62. The number of piperidine rings is 1. The van der Waals surface area contributed by atoms with E-state index < -0.39 is 0 Å². The monoisotopic (exact) mass is 370 g/mol. The first-order chi connectivity index (χ1) is 13.2. The standard InChI is InChI=1S/C19H26N6O2/c1-27-19(26)14-5-7-15(8-6-14)24-18-16(20)17(22-13-23-18)21-9-12-25-10-3-2-4-11-25/h5-8,13H,2-4,9-12,20H2,1H3,(H2,21,22,23,24). The van der Waals surface area contributed by atoms with E-state index in [0.29, 0.717) is 22.9 Å². The van der Waals surface area contributed by atoms with E-state index in [9.17, 15) is 4.79 Å². The molecule has 1 fully saturated rings. The van der Waals surface area contributed by atoms with E-state index in [1.807, 2.05) is 0 Å². The number of anilines is 4.